The molecule has 1 atom stereocenters. The van der Waals surface area contributed by atoms with Crippen LogP contribution in [0.2, 0.25) is 0 Å². The van der Waals surface area contributed by atoms with E-state index in [0.29, 0.717) is 0 Å². The minimum absolute atomic E-state index is 0.0643. The van der Waals surface area contributed by atoms with Crippen molar-refractivity contribution in [2.75, 3.05) is 5.32 Å². The lowest BCUT2D eigenvalue weighted by molar-refractivity contribution is -0.114. The van der Waals surface area contributed by atoms with Crippen LogP contribution in [0.1, 0.15) is 27.2 Å². The first-order chi connectivity index (χ1) is 7.11. The number of ether oxygens (including phenoxy) is 1. The summed E-state index contributed by atoms with van der Waals surface area (Å²) in [4.78, 5) is 10.8. The molecule has 0 heterocycles. The van der Waals surface area contributed by atoms with Crippen molar-refractivity contribution in [1.29, 1.82) is 0 Å². The van der Waals surface area contributed by atoms with Crippen LogP contribution in [0.3, 0.4) is 0 Å². The molecule has 1 N–H and O–H groups in total. The van der Waals surface area contributed by atoms with E-state index in [9.17, 15) is 4.79 Å². The normalized spacial score (nSPS) is 11.9. The number of carbonyl (C=O) groups is 1. The zero-order valence-corrected chi connectivity index (χ0v) is 9.41. The van der Waals surface area contributed by atoms with Gasteiger partial charge in [-0.3, -0.25) is 4.79 Å². The van der Waals surface area contributed by atoms with Crippen molar-refractivity contribution in [1.82, 2.24) is 0 Å². The van der Waals surface area contributed by atoms with Gasteiger partial charge in [-0.15, -0.1) is 0 Å². The summed E-state index contributed by atoms with van der Waals surface area (Å²) in [5.41, 5.74) is 0.791. The van der Waals surface area contributed by atoms with Crippen LogP contribution in [0, 0.1) is 0 Å². The van der Waals surface area contributed by atoms with Crippen LogP contribution in [0.25, 0.3) is 0 Å². The molecular formula is C12H17NO2. The predicted molar refractivity (Wildman–Crippen MR) is 61.1 cm³/mol. The fraction of sp³-hybridized carbons (Fsp3) is 0.417. The Balaban J connectivity index is 2.60. The fourth-order valence-electron chi connectivity index (χ4n) is 1.14. The van der Waals surface area contributed by atoms with Crippen molar-refractivity contribution in [2.45, 2.75) is 33.3 Å². The second-order valence-electron chi connectivity index (χ2n) is 3.54. The molecule has 0 saturated heterocycles. The van der Waals surface area contributed by atoms with Crippen molar-refractivity contribution >= 4 is 11.6 Å². The third-order valence-corrected chi connectivity index (χ3v) is 2.09. The van der Waals surface area contributed by atoms with Crippen molar-refractivity contribution in [2.24, 2.45) is 0 Å². The maximum atomic E-state index is 10.8. The molecule has 1 amide bonds. The molecule has 0 aromatic heterocycles. The van der Waals surface area contributed by atoms with Gasteiger partial charge in [-0.25, -0.2) is 0 Å². The van der Waals surface area contributed by atoms with Crippen molar-refractivity contribution in [3.05, 3.63) is 24.3 Å². The van der Waals surface area contributed by atoms with Gasteiger partial charge in [0.1, 0.15) is 5.75 Å². The zero-order chi connectivity index (χ0) is 11.3. The van der Waals surface area contributed by atoms with Crippen LogP contribution in [-0.4, -0.2) is 12.0 Å². The Morgan fingerprint density at radius 3 is 2.47 bits per heavy atom. The van der Waals surface area contributed by atoms with Gasteiger partial charge in [-0.05, 0) is 37.6 Å². The number of benzene rings is 1. The minimum atomic E-state index is -0.0643. The summed E-state index contributed by atoms with van der Waals surface area (Å²) in [7, 11) is 0. The SMILES string of the molecule is CCC(C)Oc1ccc(NC(C)=O)cc1. The quantitative estimate of drug-likeness (QED) is 0.824. The first-order valence-corrected chi connectivity index (χ1v) is 5.16. The highest BCUT2D eigenvalue weighted by atomic mass is 16.5. The highest BCUT2D eigenvalue weighted by Crippen LogP contribution is 2.17. The average molecular weight is 207 g/mol. The van der Waals surface area contributed by atoms with Crippen LogP contribution >= 0.6 is 0 Å². The smallest absolute Gasteiger partial charge is 0.221 e. The number of nitrogens with one attached hydrogen (secondary N) is 1. The molecule has 0 spiro atoms. The summed E-state index contributed by atoms with van der Waals surface area (Å²) in [6.07, 6.45) is 1.20. The Morgan fingerprint density at radius 1 is 1.40 bits per heavy atom. The van der Waals surface area contributed by atoms with Gasteiger partial charge in [0.25, 0.3) is 0 Å². The van der Waals surface area contributed by atoms with Gasteiger partial charge in [-0.1, -0.05) is 6.92 Å². The average Bonchev–Trinajstić information content (AvgIpc) is 2.20. The van der Waals surface area contributed by atoms with E-state index in [1.807, 2.05) is 31.2 Å². The van der Waals surface area contributed by atoms with E-state index < -0.39 is 0 Å². The number of hydrogen-bond donors (Lipinski definition) is 1. The molecule has 0 saturated carbocycles. The maximum Gasteiger partial charge on any atom is 0.221 e. The minimum Gasteiger partial charge on any atom is -0.491 e. The van der Waals surface area contributed by atoms with E-state index in [0.717, 1.165) is 17.9 Å². The van der Waals surface area contributed by atoms with Crippen molar-refractivity contribution in [3.8, 4) is 5.75 Å². The van der Waals surface area contributed by atoms with E-state index in [4.69, 9.17) is 4.74 Å². The Hall–Kier alpha value is -1.51. The summed E-state index contributed by atoms with van der Waals surface area (Å²) in [6, 6.07) is 7.38. The number of anilines is 1. The third kappa shape index (κ3) is 4.02. The molecule has 1 unspecified atom stereocenters. The number of carbonyl (C=O) groups excluding carboxylic acids is 1. The Kier molecular flexibility index (Phi) is 4.16. The molecule has 82 valence electrons. The van der Waals surface area contributed by atoms with Gasteiger partial charge >= 0.3 is 0 Å². The van der Waals surface area contributed by atoms with Gasteiger partial charge < -0.3 is 10.1 Å². The standard InChI is InChI=1S/C12H17NO2/c1-4-9(2)15-12-7-5-11(6-8-12)13-10(3)14/h5-9H,4H2,1-3H3,(H,13,14). The number of hydrogen-bond acceptors (Lipinski definition) is 2. The second kappa shape index (κ2) is 5.39. The van der Waals surface area contributed by atoms with E-state index in [1.54, 1.807) is 0 Å². The molecule has 0 aliphatic carbocycles. The lowest BCUT2D eigenvalue weighted by Crippen LogP contribution is -2.10. The van der Waals surface area contributed by atoms with Crippen molar-refractivity contribution < 1.29 is 9.53 Å². The molecule has 3 nitrogen and oxygen atoms in total. The first-order valence-electron chi connectivity index (χ1n) is 5.16. The maximum absolute atomic E-state index is 10.8. The number of amides is 1. The van der Waals surface area contributed by atoms with Crippen LogP contribution < -0.4 is 10.1 Å². The highest BCUT2D eigenvalue weighted by Gasteiger charge is 2.01. The van der Waals surface area contributed by atoms with Crippen LogP contribution in [-0.2, 0) is 4.79 Å². The van der Waals surface area contributed by atoms with E-state index in [1.165, 1.54) is 6.92 Å². The number of rotatable bonds is 4. The molecule has 1 aromatic rings. The zero-order valence-electron chi connectivity index (χ0n) is 9.41. The summed E-state index contributed by atoms with van der Waals surface area (Å²) in [6.45, 7) is 5.60. The van der Waals surface area contributed by atoms with Gasteiger partial charge in [0.15, 0.2) is 0 Å². The Labute approximate surface area is 90.4 Å². The molecule has 1 aromatic carbocycles. The summed E-state index contributed by atoms with van der Waals surface area (Å²) in [5, 5.41) is 2.70. The third-order valence-electron chi connectivity index (χ3n) is 2.09. The Morgan fingerprint density at radius 2 is 2.00 bits per heavy atom. The van der Waals surface area contributed by atoms with Gasteiger partial charge in [0.05, 0.1) is 6.10 Å². The summed E-state index contributed by atoms with van der Waals surface area (Å²) < 4.78 is 5.61. The second-order valence-corrected chi connectivity index (χ2v) is 3.54. The largest absolute Gasteiger partial charge is 0.491 e. The van der Waals surface area contributed by atoms with E-state index in [2.05, 4.69) is 12.2 Å². The van der Waals surface area contributed by atoms with Crippen LogP contribution in [0.15, 0.2) is 24.3 Å². The van der Waals surface area contributed by atoms with E-state index in [-0.39, 0.29) is 12.0 Å². The molecule has 15 heavy (non-hydrogen) atoms. The summed E-state index contributed by atoms with van der Waals surface area (Å²) in [5.74, 6) is 0.768. The lowest BCUT2D eigenvalue weighted by atomic mass is 10.3. The Bertz CT molecular complexity index is 319. The molecule has 0 fully saturated rings. The molecule has 1 rings (SSSR count). The van der Waals surface area contributed by atoms with Gasteiger partial charge in [0, 0.05) is 12.6 Å². The van der Waals surface area contributed by atoms with Crippen molar-refractivity contribution in [3.63, 3.8) is 0 Å². The van der Waals surface area contributed by atoms with Crippen LogP contribution in [0.5, 0.6) is 5.75 Å². The highest BCUT2D eigenvalue weighted by molar-refractivity contribution is 5.88. The molecular weight excluding hydrogens is 190 g/mol. The van der Waals surface area contributed by atoms with Gasteiger partial charge in [-0.2, -0.15) is 0 Å². The monoisotopic (exact) mass is 207 g/mol. The lowest BCUT2D eigenvalue weighted by Gasteiger charge is -2.12. The summed E-state index contributed by atoms with van der Waals surface area (Å²) >= 11 is 0. The first kappa shape index (κ1) is 11.6. The molecule has 0 bridgehead atoms. The van der Waals surface area contributed by atoms with Gasteiger partial charge in [0.2, 0.25) is 5.91 Å². The topological polar surface area (TPSA) is 38.3 Å². The molecule has 0 radical (unpaired) electrons. The fourth-order valence-corrected chi connectivity index (χ4v) is 1.14. The predicted octanol–water partition coefficient (Wildman–Crippen LogP) is 2.82. The molecule has 0 aliphatic heterocycles. The van der Waals surface area contributed by atoms with E-state index >= 15 is 0 Å². The van der Waals surface area contributed by atoms with Crippen LogP contribution in [0.4, 0.5) is 5.69 Å². The molecule has 3 heteroatoms. The molecule has 0 aliphatic rings.